The molecule has 0 aromatic heterocycles. The Hall–Kier alpha value is -3.75. The first-order valence-corrected chi connectivity index (χ1v) is 8.99. The summed E-state index contributed by atoms with van der Waals surface area (Å²) in [5.41, 5.74) is 1.01. The number of carbonyl (C=O) groups excluding carboxylic acids is 3. The fraction of sp³-hybridized carbons (Fsp3) is 0.250. The predicted octanol–water partition coefficient (Wildman–Crippen LogP) is 2.43. The lowest BCUT2D eigenvalue weighted by Gasteiger charge is -2.29. The molecule has 0 unspecified atom stereocenters. The number of likely N-dealkylation sites (N-methyl/N-ethyl adjacent to an activating group) is 1. The number of nitrogens with one attached hydrogen (secondary N) is 1. The van der Waals surface area contributed by atoms with Gasteiger partial charge in [-0.15, -0.1) is 0 Å². The summed E-state index contributed by atoms with van der Waals surface area (Å²) in [5.74, 6) is -1.06. The van der Waals surface area contributed by atoms with E-state index in [1.54, 1.807) is 31.2 Å². The third-order valence-corrected chi connectivity index (χ3v) is 4.65. The van der Waals surface area contributed by atoms with Crippen molar-refractivity contribution in [1.29, 1.82) is 0 Å². The molecule has 9 heteroatoms. The van der Waals surface area contributed by atoms with Crippen LogP contribution in [0.25, 0.3) is 0 Å². The Morgan fingerprint density at radius 3 is 2.69 bits per heavy atom. The minimum atomic E-state index is -0.582. The van der Waals surface area contributed by atoms with Crippen molar-refractivity contribution in [1.82, 2.24) is 4.90 Å². The molecular formula is C20H20N4O5. The van der Waals surface area contributed by atoms with Gasteiger partial charge in [-0.2, -0.15) is 0 Å². The number of anilines is 2. The van der Waals surface area contributed by atoms with Gasteiger partial charge in [0.15, 0.2) is 0 Å². The van der Waals surface area contributed by atoms with Crippen molar-refractivity contribution in [3.05, 3.63) is 64.2 Å². The maximum atomic E-state index is 13.0. The van der Waals surface area contributed by atoms with Crippen molar-refractivity contribution in [2.75, 3.05) is 23.8 Å². The monoisotopic (exact) mass is 396 g/mol. The highest BCUT2D eigenvalue weighted by atomic mass is 16.6. The molecule has 0 bridgehead atoms. The molecule has 0 aliphatic carbocycles. The molecule has 1 atom stereocenters. The van der Waals surface area contributed by atoms with E-state index in [2.05, 4.69) is 5.32 Å². The Bertz CT molecular complexity index is 990. The molecule has 0 saturated heterocycles. The van der Waals surface area contributed by atoms with Crippen molar-refractivity contribution in [3.8, 4) is 0 Å². The summed E-state index contributed by atoms with van der Waals surface area (Å²) >= 11 is 0. The van der Waals surface area contributed by atoms with Crippen LogP contribution in [0.5, 0.6) is 0 Å². The molecule has 1 heterocycles. The second-order valence-corrected chi connectivity index (χ2v) is 6.85. The van der Waals surface area contributed by atoms with Crippen LogP contribution >= 0.6 is 0 Å². The molecule has 3 amide bonds. The van der Waals surface area contributed by atoms with E-state index in [9.17, 15) is 24.5 Å². The van der Waals surface area contributed by atoms with E-state index in [0.29, 0.717) is 11.4 Å². The Morgan fingerprint density at radius 1 is 1.24 bits per heavy atom. The molecule has 2 aromatic rings. The maximum absolute atomic E-state index is 13.0. The Balaban J connectivity index is 1.82. The van der Waals surface area contributed by atoms with Crippen LogP contribution in [0.15, 0.2) is 48.5 Å². The zero-order valence-corrected chi connectivity index (χ0v) is 16.0. The number of amides is 3. The molecule has 0 fully saturated rings. The average molecular weight is 396 g/mol. The number of benzene rings is 2. The quantitative estimate of drug-likeness (QED) is 0.630. The summed E-state index contributed by atoms with van der Waals surface area (Å²) < 4.78 is 0. The van der Waals surface area contributed by atoms with E-state index in [0.717, 1.165) is 0 Å². The number of hydrogen-bond donors (Lipinski definition) is 1. The number of nitro benzene ring substituents is 1. The SMILES string of the molecule is C[C@@H]1CC(=O)Nc2ccccc2N1C(=O)CN(C)C(=O)c1cccc([N+](=O)[O-])c1. The molecule has 0 radical (unpaired) electrons. The number of carbonyl (C=O) groups is 3. The van der Waals surface area contributed by atoms with E-state index in [1.165, 1.54) is 41.1 Å². The van der Waals surface area contributed by atoms with Gasteiger partial charge < -0.3 is 15.1 Å². The second-order valence-electron chi connectivity index (χ2n) is 6.85. The van der Waals surface area contributed by atoms with Crippen LogP contribution in [0.2, 0.25) is 0 Å². The van der Waals surface area contributed by atoms with Crippen molar-refractivity contribution >= 4 is 34.8 Å². The van der Waals surface area contributed by atoms with Gasteiger partial charge in [-0.3, -0.25) is 24.5 Å². The standard InChI is InChI=1S/C20H20N4O5/c1-13-10-18(25)21-16-8-3-4-9-17(16)23(13)19(26)12-22(2)20(27)14-6-5-7-15(11-14)24(28)29/h3-9,11,13H,10,12H2,1-2H3,(H,21,25)/t13-/m1/s1. The molecule has 150 valence electrons. The van der Waals surface area contributed by atoms with Crippen LogP contribution in [0.3, 0.4) is 0 Å². The molecule has 29 heavy (non-hydrogen) atoms. The van der Waals surface area contributed by atoms with Gasteiger partial charge in [0, 0.05) is 37.2 Å². The second kappa shape index (κ2) is 8.09. The summed E-state index contributed by atoms with van der Waals surface area (Å²) in [4.78, 5) is 50.8. The first kappa shape index (κ1) is 20.0. The van der Waals surface area contributed by atoms with Gasteiger partial charge in [0.1, 0.15) is 6.54 Å². The van der Waals surface area contributed by atoms with E-state index < -0.39 is 16.9 Å². The van der Waals surface area contributed by atoms with Gasteiger partial charge in [0.2, 0.25) is 11.8 Å². The first-order valence-electron chi connectivity index (χ1n) is 8.99. The van der Waals surface area contributed by atoms with E-state index in [1.807, 2.05) is 0 Å². The molecule has 3 rings (SSSR count). The van der Waals surface area contributed by atoms with Crippen LogP contribution in [-0.4, -0.2) is 47.2 Å². The zero-order chi connectivity index (χ0) is 21.1. The normalized spacial score (nSPS) is 15.7. The summed E-state index contributed by atoms with van der Waals surface area (Å²) in [7, 11) is 1.46. The summed E-state index contributed by atoms with van der Waals surface area (Å²) in [6.45, 7) is 1.52. The van der Waals surface area contributed by atoms with Gasteiger partial charge >= 0.3 is 0 Å². The Labute approximate surface area is 167 Å². The third kappa shape index (κ3) is 4.23. The van der Waals surface area contributed by atoms with Crippen molar-refractivity contribution in [3.63, 3.8) is 0 Å². The lowest BCUT2D eigenvalue weighted by atomic mass is 10.1. The highest BCUT2D eigenvalue weighted by molar-refractivity contribution is 6.06. The van der Waals surface area contributed by atoms with Crippen LogP contribution in [-0.2, 0) is 9.59 Å². The molecule has 1 aliphatic rings. The highest BCUT2D eigenvalue weighted by Crippen LogP contribution is 2.31. The van der Waals surface area contributed by atoms with E-state index >= 15 is 0 Å². The number of hydrogen-bond acceptors (Lipinski definition) is 5. The van der Waals surface area contributed by atoms with Crippen LogP contribution in [0, 0.1) is 10.1 Å². The number of non-ortho nitro benzene ring substituents is 1. The smallest absolute Gasteiger partial charge is 0.270 e. The molecule has 9 nitrogen and oxygen atoms in total. The first-order chi connectivity index (χ1) is 13.8. The zero-order valence-electron chi connectivity index (χ0n) is 16.0. The van der Waals surface area contributed by atoms with Crippen molar-refractivity contribution in [2.45, 2.75) is 19.4 Å². The number of fused-ring (bicyclic) bond motifs is 1. The van der Waals surface area contributed by atoms with Crippen LogP contribution < -0.4 is 10.2 Å². The van der Waals surface area contributed by atoms with E-state index in [4.69, 9.17) is 0 Å². The molecule has 0 spiro atoms. The summed E-state index contributed by atoms with van der Waals surface area (Å²) in [5, 5.41) is 13.7. The van der Waals surface area contributed by atoms with Gasteiger partial charge in [-0.05, 0) is 25.1 Å². The Morgan fingerprint density at radius 2 is 1.97 bits per heavy atom. The lowest BCUT2D eigenvalue weighted by molar-refractivity contribution is -0.384. The molecule has 2 aromatic carbocycles. The van der Waals surface area contributed by atoms with Crippen LogP contribution in [0.1, 0.15) is 23.7 Å². The highest BCUT2D eigenvalue weighted by Gasteiger charge is 2.30. The van der Waals surface area contributed by atoms with Crippen molar-refractivity contribution in [2.24, 2.45) is 0 Å². The fourth-order valence-corrected chi connectivity index (χ4v) is 3.29. The van der Waals surface area contributed by atoms with Gasteiger partial charge in [-0.25, -0.2) is 0 Å². The lowest BCUT2D eigenvalue weighted by Crippen LogP contribution is -2.45. The van der Waals surface area contributed by atoms with Gasteiger partial charge in [-0.1, -0.05) is 18.2 Å². The summed E-state index contributed by atoms with van der Waals surface area (Å²) in [6, 6.07) is 11.9. The topological polar surface area (TPSA) is 113 Å². The Kier molecular flexibility index (Phi) is 5.58. The minimum absolute atomic E-state index is 0.121. The maximum Gasteiger partial charge on any atom is 0.270 e. The van der Waals surface area contributed by atoms with Crippen LogP contribution in [0.4, 0.5) is 17.1 Å². The number of nitro groups is 1. The molecule has 0 saturated carbocycles. The fourth-order valence-electron chi connectivity index (χ4n) is 3.29. The minimum Gasteiger partial charge on any atom is -0.332 e. The van der Waals surface area contributed by atoms with Crippen molar-refractivity contribution < 1.29 is 19.3 Å². The number of rotatable bonds is 4. The molecular weight excluding hydrogens is 376 g/mol. The molecule has 1 N–H and O–H groups in total. The van der Waals surface area contributed by atoms with Gasteiger partial charge in [0.05, 0.1) is 16.3 Å². The molecule has 1 aliphatic heterocycles. The number of para-hydroxylation sites is 2. The number of nitrogens with zero attached hydrogens (tertiary/aromatic N) is 3. The predicted molar refractivity (Wildman–Crippen MR) is 107 cm³/mol. The average Bonchev–Trinajstić information content (AvgIpc) is 2.81. The summed E-state index contributed by atoms with van der Waals surface area (Å²) in [6.07, 6.45) is 0.128. The van der Waals surface area contributed by atoms with E-state index in [-0.39, 0.29) is 36.0 Å². The third-order valence-electron chi connectivity index (χ3n) is 4.65. The largest absolute Gasteiger partial charge is 0.332 e. The van der Waals surface area contributed by atoms with Gasteiger partial charge in [0.25, 0.3) is 11.6 Å².